The predicted molar refractivity (Wildman–Crippen MR) is 89.2 cm³/mol. The molecule has 0 atom stereocenters. The van der Waals surface area contributed by atoms with Crippen molar-refractivity contribution in [2.45, 2.75) is 4.90 Å². The second-order valence-electron chi connectivity index (χ2n) is 5.52. The number of hydrogen-bond donors (Lipinski definition) is 2. The molecule has 1 aliphatic rings. The number of nitriles is 1. The summed E-state index contributed by atoms with van der Waals surface area (Å²) < 4.78 is 22.4. The number of carbonyl (C=O) groups is 1. The van der Waals surface area contributed by atoms with Crippen molar-refractivity contribution in [3.8, 4) is 6.07 Å². The number of nitrogens with one attached hydrogen (secondary N) is 1. The lowest BCUT2D eigenvalue weighted by Gasteiger charge is -2.31. The van der Waals surface area contributed by atoms with Crippen LogP contribution in [0.25, 0.3) is 0 Å². The number of nitrogens with two attached hydrogens (primary N) is 1. The number of carbonyl (C=O) groups excluding carboxylic acids is 1. The smallest absolute Gasteiger partial charge is 0.267 e. The van der Waals surface area contributed by atoms with Gasteiger partial charge in [-0.15, -0.1) is 0 Å². The van der Waals surface area contributed by atoms with E-state index in [0.717, 1.165) is 26.2 Å². The molecule has 1 amide bonds. The van der Waals surface area contributed by atoms with Crippen LogP contribution in [0.15, 0.2) is 40.9 Å². The van der Waals surface area contributed by atoms with E-state index in [1.54, 1.807) is 6.20 Å². The molecule has 0 spiro atoms. The molecule has 0 bridgehead atoms. The van der Waals surface area contributed by atoms with Crippen molar-refractivity contribution in [2.24, 2.45) is 5.14 Å². The number of sulfonamides is 1. The maximum atomic E-state index is 12.2. The Bertz CT molecular complexity index is 772. The zero-order valence-electron chi connectivity index (χ0n) is 13.3. The molecule has 128 valence electrons. The summed E-state index contributed by atoms with van der Waals surface area (Å²) in [6, 6.07) is 7.32. The Balaban J connectivity index is 2.05. The normalized spacial score (nSPS) is 16.5. The molecule has 3 N–H and O–H groups in total. The van der Waals surface area contributed by atoms with Gasteiger partial charge in [-0.3, -0.25) is 4.79 Å². The molecule has 0 unspecified atom stereocenters. The van der Waals surface area contributed by atoms with Gasteiger partial charge >= 0.3 is 0 Å². The van der Waals surface area contributed by atoms with Crippen LogP contribution in [0.4, 0.5) is 5.69 Å². The first-order valence-electron chi connectivity index (χ1n) is 7.28. The minimum Gasteiger partial charge on any atom is -0.374 e. The molecule has 0 aliphatic carbocycles. The van der Waals surface area contributed by atoms with Gasteiger partial charge in [-0.1, -0.05) is 0 Å². The van der Waals surface area contributed by atoms with Crippen LogP contribution in [-0.4, -0.2) is 57.4 Å². The van der Waals surface area contributed by atoms with Crippen LogP contribution < -0.4 is 10.5 Å². The molecule has 8 nitrogen and oxygen atoms in total. The quantitative estimate of drug-likeness (QED) is 0.580. The molecule has 9 heteroatoms. The van der Waals surface area contributed by atoms with E-state index in [-0.39, 0.29) is 10.5 Å². The van der Waals surface area contributed by atoms with E-state index < -0.39 is 15.9 Å². The summed E-state index contributed by atoms with van der Waals surface area (Å²) in [5, 5.41) is 16.8. The highest BCUT2D eigenvalue weighted by molar-refractivity contribution is 7.89. The molecular weight excluding hydrogens is 330 g/mol. The van der Waals surface area contributed by atoms with E-state index in [9.17, 15) is 18.5 Å². The van der Waals surface area contributed by atoms with Crippen LogP contribution >= 0.6 is 0 Å². The molecule has 1 aromatic rings. The summed E-state index contributed by atoms with van der Waals surface area (Å²) in [6.45, 7) is 3.23. The third-order valence-corrected chi connectivity index (χ3v) is 4.58. The largest absolute Gasteiger partial charge is 0.374 e. The lowest BCUT2D eigenvalue weighted by molar-refractivity contribution is -0.112. The van der Waals surface area contributed by atoms with E-state index in [2.05, 4.69) is 10.2 Å². The third-order valence-electron chi connectivity index (χ3n) is 3.66. The third kappa shape index (κ3) is 4.79. The van der Waals surface area contributed by atoms with E-state index in [1.807, 2.05) is 18.0 Å². The minimum absolute atomic E-state index is 0.00456. The second kappa shape index (κ2) is 7.44. The Kier molecular flexibility index (Phi) is 5.56. The number of anilines is 1. The summed E-state index contributed by atoms with van der Waals surface area (Å²) in [6.07, 6.45) is 1.56. The average molecular weight is 349 g/mol. The Morgan fingerprint density at radius 1 is 1.25 bits per heavy atom. The Hall–Kier alpha value is -2.41. The molecule has 1 saturated heterocycles. The number of primary sulfonamides is 1. The fourth-order valence-corrected chi connectivity index (χ4v) is 2.71. The van der Waals surface area contributed by atoms with Crippen molar-refractivity contribution in [2.75, 3.05) is 38.5 Å². The highest BCUT2D eigenvalue weighted by Crippen LogP contribution is 2.14. The first-order valence-corrected chi connectivity index (χ1v) is 8.83. The van der Waals surface area contributed by atoms with E-state index >= 15 is 0 Å². The predicted octanol–water partition coefficient (Wildman–Crippen LogP) is -0.0726. The van der Waals surface area contributed by atoms with Crippen molar-refractivity contribution in [3.63, 3.8) is 0 Å². The van der Waals surface area contributed by atoms with Crippen LogP contribution in [0.2, 0.25) is 0 Å². The van der Waals surface area contributed by atoms with E-state index in [1.165, 1.54) is 24.3 Å². The summed E-state index contributed by atoms with van der Waals surface area (Å²) in [4.78, 5) is 16.2. The molecule has 1 fully saturated rings. The maximum absolute atomic E-state index is 12.2. The van der Waals surface area contributed by atoms with Crippen molar-refractivity contribution in [1.29, 1.82) is 5.26 Å². The number of piperazine rings is 1. The number of benzene rings is 1. The average Bonchev–Trinajstić information content (AvgIpc) is 2.54. The summed E-state index contributed by atoms with van der Waals surface area (Å²) in [5.41, 5.74) is 0.377. The van der Waals surface area contributed by atoms with Crippen molar-refractivity contribution >= 4 is 21.6 Å². The van der Waals surface area contributed by atoms with Crippen molar-refractivity contribution < 1.29 is 13.2 Å². The topological polar surface area (TPSA) is 120 Å². The number of nitrogens with zero attached hydrogens (tertiary/aromatic N) is 3. The molecule has 1 aromatic carbocycles. The molecule has 1 heterocycles. The van der Waals surface area contributed by atoms with Crippen LogP contribution in [0.5, 0.6) is 0 Å². The summed E-state index contributed by atoms with van der Waals surface area (Å²) >= 11 is 0. The Morgan fingerprint density at radius 3 is 2.33 bits per heavy atom. The van der Waals surface area contributed by atoms with Crippen LogP contribution in [0, 0.1) is 11.3 Å². The van der Waals surface area contributed by atoms with E-state index in [0.29, 0.717) is 5.69 Å². The fraction of sp³-hybridized carbons (Fsp3) is 0.333. The van der Waals surface area contributed by atoms with Gasteiger partial charge in [-0.05, 0) is 31.3 Å². The summed E-state index contributed by atoms with van der Waals surface area (Å²) in [5.74, 6) is -0.542. The van der Waals surface area contributed by atoms with Crippen LogP contribution in [0.3, 0.4) is 0 Å². The monoisotopic (exact) mass is 349 g/mol. The molecule has 0 saturated carbocycles. The standard InChI is InChI=1S/C15H19N5O3S/c1-19-6-8-20(9-7-19)11-12(10-16)15(21)18-13-2-4-14(5-3-13)24(17,22)23/h2-5,11H,6-9H2,1H3,(H,18,21)(H2,17,22,23)/b12-11-. The molecular formula is C15H19N5O3S. The Labute approximate surface area is 141 Å². The van der Waals surface area contributed by atoms with E-state index in [4.69, 9.17) is 5.14 Å². The first-order chi connectivity index (χ1) is 11.3. The summed E-state index contributed by atoms with van der Waals surface area (Å²) in [7, 11) is -1.76. The van der Waals surface area contributed by atoms with Gasteiger partial charge in [0.15, 0.2) is 0 Å². The van der Waals surface area contributed by atoms with Gasteiger partial charge in [0.05, 0.1) is 4.90 Å². The lowest BCUT2D eigenvalue weighted by Crippen LogP contribution is -2.42. The van der Waals surface area contributed by atoms with Crippen LogP contribution in [-0.2, 0) is 14.8 Å². The SMILES string of the molecule is CN1CCN(/C=C(/C#N)C(=O)Nc2ccc(S(N)(=O)=O)cc2)CC1. The first kappa shape index (κ1) is 17.9. The second-order valence-corrected chi connectivity index (χ2v) is 7.08. The van der Waals surface area contributed by atoms with Crippen LogP contribution in [0.1, 0.15) is 0 Å². The van der Waals surface area contributed by atoms with Crippen molar-refractivity contribution in [3.05, 3.63) is 36.0 Å². The molecule has 1 aliphatic heterocycles. The number of hydrogen-bond acceptors (Lipinski definition) is 6. The fourth-order valence-electron chi connectivity index (χ4n) is 2.20. The van der Waals surface area contributed by atoms with Gasteiger partial charge < -0.3 is 15.1 Å². The number of amides is 1. The zero-order valence-corrected chi connectivity index (χ0v) is 14.1. The zero-order chi connectivity index (χ0) is 17.7. The van der Waals surface area contributed by atoms with Gasteiger partial charge in [0, 0.05) is 38.1 Å². The highest BCUT2D eigenvalue weighted by Gasteiger charge is 2.15. The molecule has 2 rings (SSSR count). The number of likely N-dealkylation sites (N-methyl/N-ethyl adjacent to an activating group) is 1. The molecule has 24 heavy (non-hydrogen) atoms. The van der Waals surface area contributed by atoms with Gasteiger partial charge in [-0.2, -0.15) is 5.26 Å². The van der Waals surface area contributed by atoms with Gasteiger partial charge in [-0.25, -0.2) is 13.6 Å². The maximum Gasteiger partial charge on any atom is 0.267 e. The minimum atomic E-state index is -3.78. The van der Waals surface area contributed by atoms with Gasteiger partial charge in [0.25, 0.3) is 5.91 Å². The highest BCUT2D eigenvalue weighted by atomic mass is 32.2. The molecule has 0 aromatic heterocycles. The number of rotatable bonds is 4. The molecule has 0 radical (unpaired) electrons. The lowest BCUT2D eigenvalue weighted by atomic mass is 10.2. The van der Waals surface area contributed by atoms with Gasteiger partial charge in [0.1, 0.15) is 11.6 Å². The Morgan fingerprint density at radius 2 is 1.83 bits per heavy atom. The van der Waals surface area contributed by atoms with Gasteiger partial charge in [0.2, 0.25) is 10.0 Å². The van der Waals surface area contributed by atoms with Crippen molar-refractivity contribution in [1.82, 2.24) is 9.80 Å².